The van der Waals surface area contributed by atoms with Gasteiger partial charge >= 0.3 is 5.97 Å². The molecular formula is C29H33NO7. The number of Topliss-reactive ketones (excluding diaryl/α,β-unsaturated/α-hetero) is 1. The molecule has 0 saturated heterocycles. The first-order chi connectivity index (χ1) is 17.6. The molecule has 1 aliphatic carbocycles. The number of esters is 1. The number of aromatic hydroxyl groups is 1. The molecule has 1 atom stereocenters. The molecule has 4 rings (SSSR count). The fraction of sp³-hybridized carbons (Fsp3) is 0.379. The first-order valence-electron chi connectivity index (χ1n) is 12.2. The van der Waals surface area contributed by atoms with E-state index in [0.717, 1.165) is 5.70 Å². The second-order valence-electron chi connectivity index (χ2n) is 10.0. The van der Waals surface area contributed by atoms with Gasteiger partial charge in [-0.3, -0.25) is 4.79 Å². The number of nitrogens with one attached hydrogen (secondary N) is 1. The Bertz CT molecular complexity index is 1240. The zero-order valence-corrected chi connectivity index (χ0v) is 21.8. The Morgan fingerprint density at radius 2 is 1.70 bits per heavy atom. The summed E-state index contributed by atoms with van der Waals surface area (Å²) in [7, 11) is 2.87. The molecule has 37 heavy (non-hydrogen) atoms. The van der Waals surface area contributed by atoms with Crippen LogP contribution in [0.1, 0.15) is 45.1 Å². The molecule has 0 radical (unpaired) electrons. The number of methoxy groups -OCH3 is 2. The minimum absolute atomic E-state index is 0.0341. The minimum atomic E-state index is -0.717. The van der Waals surface area contributed by atoms with Crippen molar-refractivity contribution in [3.05, 3.63) is 70.6 Å². The van der Waals surface area contributed by atoms with Gasteiger partial charge in [0.2, 0.25) is 5.75 Å². The fourth-order valence-corrected chi connectivity index (χ4v) is 5.01. The third-order valence-electron chi connectivity index (χ3n) is 6.62. The van der Waals surface area contributed by atoms with Crippen molar-refractivity contribution in [2.75, 3.05) is 27.4 Å². The van der Waals surface area contributed by atoms with Crippen LogP contribution in [-0.2, 0) is 14.3 Å². The fourth-order valence-electron chi connectivity index (χ4n) is 5.01. The molecule has 0 unspecified atom stereocenters. The number of para-hydroxylation sites is 1. The number of allylic oxidation sites excluding steroid dienone is 3. The van der Waals surface area contributed by atoms with Crippen LogP contribution in [0, 0.1) is 5.41 Å². The summed E-state index contributed by atoms with van der Waals surface area (Å²) in [5.41, 5.74) is 2.60. The van der Waals surface area contributed by atoms with Crippen LogP contribution in [-0.4, -0.2) is 44.3 Å². The third kappa shape index (κ3) is 5.43. The van der Waals surface area contributed by atoms with Crippen LogP contribution in [0.4, 0.5) is 0 Å². The first-order valence-corrected chi connectivity index (χ1v) is 12.2. The van der Waals surface area contributed by atoms with Gasteiger partial charge in [-0.1, -0.05) is 32.0 Å². The van der Waals surface area contributed by atoms with E-state index in [4.69, 9.17) is 18.9 Å². The molecule has 2 aromatic carbocycles. The van der Waals surface area contributed by atoms with Gasteiger partial charge in [0.1, 0.15) is 19.0 Å². The summed E-state index contributed by atoms with van der Waals surface area (Å²) in [5, 5.41) is 13.8. The molecule has 2 aliphatic rings. The van der Waals surface area contributed by atoms with Crippen LogP contribution >= 0.6 is 0 Å². The monoisotopic (exact) mass is 507 g/mol. The van der Waals surface area contributed by atoms with Crippen molar-refractivity contribution in [3.63, 3.8) is 0 Å². The van der Waals surface area contributed by atoms with E-state index in [-0.39, 0.29) is 41.7 Å². The van der Waals surface area contributed by atoms with E-state index in [2.05, 4.69) is 5.32 Å². The van der Waals surface area contributed by atoms with Gasteiger partial charge in [-0.25, -0.2) is 4.79 Å². The van der Waals surface area contributed by atoms with Gasteiger partial charge in [0.05, 0.1) is 19.8 Å². The normalized spacial score (nSPS) is 18.6. The van der Waals surface area contributed by atoms with E-state index in [1.807, 2.05) is 44.2 Å². The second-order valence-corrected chi connectivity index (χ2v) is 10.0. The predicted octanol–water partition coefficient (Wildman–Crippen LogP) is 4.64. The summed E-state index contributed by atoms with van der Waals surface area (Å²) in [6.45, 7) is 6.12. The van der Waals surface area contributed by atoms with E-state index < -0.39 is 11.9 Å². The van der Waals surface area contributed by atoms with Gasteiger partial charge in [0.15, 0.2) is 17.3 Å². The molecule has 8 nitrogen and oxygen atoms in total. The van der Waals surface area contributed by atoms with Gasteiger partial charge in [-0.15, -0.1) is 0 Å². The van der Waals surface area contributed by atoms with Gasteiger partial charge in [0, 0.05) is 29.3 Å². The smallest absolute Gasteiger partial charge is 0.336 e. The highest BCUT2D eigenvalue weighted by atomic mass is 16.6. The van der Waals surface area contributed by atoms with Crippen molar-refractivity contribution in [3.8, 4) is 23.0 Å². The van der Waals surface area contributed by atoms with E-state index in [1.54, 1.807) is 19.1 Å². The Balaban J connectivity index is 1.69. The highest BCUT2D eigenvalue weighted by molar-refractivity contribution is 6.04. The van der Waals surface area contributed by atoms with Crippen molar-refractivity contribution >= 4 is 11.8 Å². The van der Waals surface area contributed by atoms with Crippen LogP contribution in [0.2, 0.25) is 0 Å². The van der Waals surface area contributed by atoms with E-state index in [1.165, 1.54) is 14.2 Å². The number of hydrogen-bond acceptors (Lipinski definition) is 8. The van der Waals surface area contributed by atoms with Crippen molar-refractivity contribution in [2.45, 2.75) is 39.5 Å². The van der Waals surface area contributed by atoms with E-state index >= 15 is 0 Å². The molecule has 0 aromatic heterocycles. The van der Waals surface area contributed by atoms with Crippen LogP contribution < -0.4 is 19.5 Å². The first kappa shape index (κ1) is 26.1. The number of ketones is 1. The summed E-state index contributed by atoms with van der Waals surface area (Å²) in [6.07, 6.45) is 1.00. The second kappa shape index (κ2) is 10.6. The number of hydrogen-bond donors (Lipinski definition) is 2. The topological polar surface area (TPSA) is 103 Å². The quantitative estimate of drug-likeness (QED) is 0.394. The van der Waals surface area contributed by atoms with Gasteiger partial charge in [0.25, 0.3) is 0 Å². The lowest BCUT2D eigenvalue weighted by molar-refractivity contribution is -0.140. The molecule has 1 aliphatic heterocycles. The summed E-state index contributed by atoms with van der Waals surface area (Å²) < 4.78 is 22.0. The maximum atomic E-state index is 13.5. The van der Waals surface area contributed by atoms with E-state index in [0.29, 0.717) is 41.0 Å². The molecule has 0 fully saturated rings. The number of dihydropyridines is 1. The van der Waals surface area contributed by atoms with E-state index in [9.17, 15) is 14.7 Å². The van der Waals surface area contributed by atoms with Crippen molar-refractivity contribution in [2.24, 2.45) is 5.41 Å². The Labute approximate surface area is 216 Å². The van der Waals surface area contributed by atoms with Crippen LogP contribution in [0.3, 0.4) is 0 Å². The van der Waals surface area contributed by atoms with Crippen LogP contribution in [0.15, 0.2) is 65.0 Å². The molecule has 0 amide bonds. The summed E-state index contributed by atoms with van der Waals surface area (Å²) in [4.78, 5) is 27.0. The SMILES string of the molecule is COc1cc([C@H]2C(C(=O)OCCOc3ccccc3)=C(C)NC3=C2C(=O)CC(C)(C)C3)cc(OC)c1O. The molecule has 1 heterocycles. The zero-order valence-electron chi connectivity index (χ0n) is 21.8. The summed E-state index contributed by atoms with van der Waals surface area (Å²) in [5.74, 6) is -0.427. The number of phenols is 1. The maximum Gasteiger partial charge on any atom is 0.336 e. The number of carbonyl (C=O) groups excluding carboxylic acids is 2. The van der Waals surface area contributed by atoms with Crippen molar-refractivity contribution < 1.29 is 33.6 Å². The standard InChI is InChI=1S/C29H33NO7/c1-17-24(28(33)37-12-11-36-19-9-7-6-8-10-19)25(18-13-22(34-4)27(32)23(14-18)35-5)26-20(30-17)15-29(2,3)16-21(26)31/h6-10,13-14,25,30,32H,11-12,15-16H2,1-5H3/t25-/m0/s1. The molecule has 2 aromatic rings. The lowest BCUT2D eigenvalue weighted by Gasteiger charge is -2.39. The molecule has 196 valence electrons. The maximum absolute atomic E-state index is 13.5. The van der Waals surface area contributed by atoms with Gasteiger partial charge in [-0.2, -0.15) is 0 Å². The molecule has 0 spiro atoms. The highest BCUT2D eigenvalue weighted by Crippen LogP contribution is 2.49. The third-order valence-corrected chi connectivity index (χ3v) is 6.62. The number of benzene rings is 2. The van der Waals surface area contributed by atoms with Crippen LogP contribution in [0.5, 0.6) is 23.0 Å². The average molecular weight is 508 g/mol. The molecule has 0 bridgehead atoms. The molecule has 8 heteroatoms. The Hall–Kier alpha value is -3.94. The largest absolute Gasteiger partial charge is 0.502 e. The van der Waals surface area contributed by atoms with Gasteiger partial charge in [-0.05, 0) is 48.6 Å². The Morgan fingerprint density at radius 1 is 1.05 bits per heavy atom. The molecular weight excluding hydrogens is 474 g/mol. The van der Waals surface area contributed by atoms with Gasteiger partial charge < -0.3 is 29.4 Å². The molecule has 0 saturated carbocycles. The average Bonchev–Trinajstić information content (AvgIpc) is 2.85. The highest BCUT2D eigenvalue weighted by Gasteiger charge is 2.43. The van der Waals surface area contributed by atoms with Crippen molar-refractivity contribution in [1.29, 1.82) is 0 Å². The Kier molecular flexibility index (Phi) is 7.47. The number of phenolic OH excluding ortho intramolecular Hbond substituents is 1. The lowest BCUT2D eigenvalue weighted by atomic mass is 9.68. The minimum Gasteiger partial charge on any atom is -0.502 e. The number of rotatable bonds is 8. The molecule has 2 N–H and O–H groups in total. The lowest BCUT2D eigenvalue weighted by Crippen LogP contribution is -2.38. The number of ether oxygens (including phenoxy) is 4. The Morgan fingerprint density at radius 3 is 2.32 bits per heavy atom. The summed E-state index contributed by atoms with van der Waals surface area (Å²) >= 11 is 0. The number of carbonyl (C=O) groups is 2. The van der Waals surface area contributed by atoms with Crippen molar-refractivity contribution in [1.82, 2.24) is 5.32 Å². The summed E-state index contributed by atoms with van der Waals surface area (Å²) in [6, 6.07) is 12.5. The zero-order chi connectivity index (χ0) is 26.7. The van der Waals surface area contributed by atoms with Crippen LogP contribution in [0.25, 0.3) is 0 Å². The predicted molar refractivity (Wildman–Crippen MR) is 138 cm³/mol.